The molecule has 1 aromatic carbocycles. The fraction of sp³-hybridized carbons (Fsp3) is 0.379. The van der Waals surface area contributed by atoms with Crippen LogP contribution in [0.1, 0.15) is 77.1 Å². The Balaban J connectivity index is 1.41. The summed E-state index contributed by atoms with van der Waals surface area (Å²) in [4.78, 5) is 35.1. The van der Waals surface area contributed by atoms with Crippen molar-refractivity contribution in [3.8, 4) is 11.3 Å². The number of nitrogens with one attached hydrogen (secondary N) is 2. The Morgan fingerprint density at radius 1 is 1.00 bits per heavy atom. The number of amides is 1. The second kappa shape index (κ2) is 9.37. The van der Waals surface area contributed by atoms with Crippen molar-refractivity contribution in [1.82, 2.24) is 25.1 Å². The Morgan fingerprint density at radius 3 is 2.36 bits per heavy atom. The number of aromatic nitrogens is 4. The number of carbonyl (C=O) groups is 1. The number of carbonyl (C=O) groups excluding carboxylic acids is 1. The van der Waals surface area contributed by atoms with Gasteiger partial charge in [0.25, 0.3) is 11.5 Å². The van der Waals surface area contributed by atoms with Crippen LogP contribution >= 0.6 is 0 Å². The Morgan fingerprint density at radius 2 is 1.69 bits per heavy atom. The van der Waals surface area contributed by atoms with Gasteiger partial charge in [-0.15, -0.1) is 0 Å². The van der Waals surface area contributed by atoms with Crippen LogP contribution in [-0.2, 0) is 0 Å². The number of H-pyrrole nitrogens is 2. The normalized spacial score (nSPS) is 14.7. The van der Waals surface area contributed by atoms with Gasteiger partial charge in [-0.3, -0.25) is 14.6 Å². The van der Waals surface area contributed by atoms with E-state index in [2.05, 4.69) is 64.3 Å². The van der Waals surface area contributed by atoms with Crippen LogP contribution in [0.25, 0.3) is 22.2 Å². The summed E-state index contributed by atoms with van der Waals surface area (Å²) in [6.45, 7) is 11.6. The molecule has 0 unspecified atom stereocenters. The predicted molar refractivity (Wildman–Crippen MR) is 143 cm³/mol. The maximum Gasteiger partial charge on any atom is 0.277 e. The van der Waals surface area contributed by atoms with Gasteiger partial charge in [0.15, 0.2) is 0 Å². The van der Waals surface area contributed by atoms with Crippen molar-refractivity contribution in [2.24, 2.45) is 0 Å². The van der Waals surface area contributed by atoms with E-state index in [0.717, 1.165) is 29.7 Å². The Hall–Kier alpha value is -3.74. The molecule has 0 aliphatic carbocycles. The molecule has 1 aliphatic rings. The van der Waals surface area contributed by atoms with Crippen LogP contribution in [0.3, 0.4) is 0 Å². The van der Waals surface area contributed by atoms with Crippen LogP contribution in [0, 0.1) is 20.8 Å². The summed E-state index contributed by atoms with van der Waals surface area (Å²) in [7, 11) is 0. The Labute approximate surface area is 211 Å². The van der Waals surface area contributed by atoms with Gasteiger partial charge in [-0.1, -0.05) is 19.9 Å². The van der Waals surface area contributed by atoms with Crippen LogP contribution in [-0.4, -0.2) is 44.1 Å². The molecular formula is C29H33N5O2. The van der Waals surface area contributed by atoms with Crippen molar-refractivity contribution in [2.45, 2.75) is 59.3 Å². The van der Waals surface area contributed by atoms with E-state index in [4.69, 9.17) is 0 Å². The molecule has 0 radical (unpaired) electrons. The van der Waals surface area contributed by atoms with Gasteiger partial charge in [-0.05, 0) is 86.9 Å². The number of nitrogens with zero attached hydrogens (tertiary/aromatic N) is 3. The standard InChI is InChI=1S/C29H33N5O2/c1-16(2)26-23-15-21(6-7-25(23)31-27(26)22-12-17(3)30-18(4)13-22)20-8-10-34(11-9-20)29(36)24-14-19(5)32-33-28(24)35/h6-7,12-16,20,31H,8-11H2,1-5H3,(H,33,35). The zero-order valence-electron chi connectivity index (χ0n) is 21.6. The Kier molecular flexibility index (Phi) is 6.24. The number of aromatic amines is 2. The van der Waals surface area contributed by atoms with E-state index < -0.39 is 5.56 Å². The molecule has 4 heterocycles. The van der Waals surface area contributed by atoms with Gasteiger partial charge in [0.05, 0.1) is 11.4 Å². The zero-order chi connectivity index (χ0) is 25.6. The molecular weight excluding hydrogens is 450 g/mol. The zero-order valence-corrected chi connectivity index (χ0v) is 21.6. The van der Waals surface area contributed by atoms with E-state index >= 15 is 0 Å². The van der Waals surface area contributed by atoms with Gasteiger partial charge in [-0.25, -0.2) is 5.10 Å². The molecule has 1 fully saturated rings. The number of fused-ring (bicyclic) bond motifs is 1. The van der Waals surface area contributed by atoms with Crippen LogP contribution < -0.4 is 5.56 Å². The average molecular weight is 484 g/mol. The van der Waals surface area contributed by atoms with Crippen molar-refractivity contribution < 1.29 is 4.79 Å². The third kappa shape index (κ3) is 4.45. The fourth-order valence-corrected chi connectivity index (χ4v) is 5.54. The smallest absolute Gasteiger partial charge is 0.277 e. The summed E-state index contributed by atoms with van der Waals surface area (Å²) in [5.74, 6) is 0.523. The molecule has 2 N–H and O–H groups in total. The lowest BCUT2D eigenvalue weighted by Crippen LogP contribution is -2.40. The molecule has 5 rings (SSSR count). The number of likely N-dealkylation sites (tertiary alicyclic amines) is 1. The maximum atomic E-state index is 13.0. The minimum absolute atomic E-state index is 0.172. The van der Waals surface area contributed by atoms with E-state index in [0.29, 0.717) is 30.6 Å². The number of rotatable bonds is 4. The highest BCUT2D eigenvalue weighted by Gasteiger charge is 2.27. The average Bonchev–Trinajstić information content (AvgIpc) is 3.24. The monoisotopic (exact) mass is 483 g/mol. The van der Waals surface area contributed by atoms with E-state index in [9.17, 15) is 9.59 Å². The maximum absolute atomic E-state index is 13.0. The molecule has 0 atom stereocenters. The highest BCUT2D eigenvalue weighted by atomic mass is 16.2. The van der Waals surface area contributed by atoms with Crippen molar-refractivity contribution >= 4 is 16.8 Å². The molecule has 0 saturated carbocycles. The number of hydrogen-bond acceptors (Lipinski definition) is 4. The molecule has 0 bridgehead atoms. The number of pyridine rings is 1. The predicted octanol–water partition coefficient (Wildman–Crippen LogP) is 5.38. The fourth-order valence-electron chi connectivity index (χ4n) is 5.54. The van der Waals surface area contributed by atoms with E-state index in [1.54, 1.807) is 17.9 Å². The van der Waals surface area contributed by atoms with E-state index in [1.807, 2.05) is 13.8 Å². The topological polar surface area (TPSA) is 94.7 Å². The van der Waals surface area contributed by atoms with Crippen LogP contribution in [0.5, 0.6) is 0 Å². The largest absolute Gasteiger partial charge is 0.354 e. The number of benzene rings is 1. The van der Waals surface area contributed by atoms with Crippen molar-refractivity contribution in [3.05, 3.63) is 80.5 Å². The number of aryl methyl sites for hydroxylation is 3. The second-order valence-corrected chi connectivity index (χ2v) is 10.3. The summed E-state index contributed by atoms with van der Waals surface area (Å²) in [5.41, 5.74) is 8.54. The van der Waals surface area contributed by atoms with Crippen LogP contribution in [0.15, 0.2) is 41.2 Å². The summed E-state index contributed by atoms with van der Waals surface area (Å²) < 4.78 is 0. The minimum atomic E-state index is -0.428. The lowest BCUT2D eigenvalue weighted by Gasteiger charge is -2.32. The van der Waals surface area contributed by atoms with E-state index in [1.165, 1.54) is 27.8 Å². The van der Waals surface area contributed by atoms with Crippen molar-refractivity contribution in [1.29, 1.82) is 0 Å². The number of hydrogen-bond donors (Lipinski definition) is 2. The molecule has 3 aromatic heterocycles. The summed E-state index contributed by atoms with van der Waals surface area (Å²) in [6.07, 6.45) is 1.74. The van der Waals surface area contributed by atoms with Gasteiger partial charge in [0.1, 0.15) is 5.56 Å². The lowest BCUT2D eigenvalue weighted by atomic mass is 9.87. The van der Waals surface area contributed by atoms with Crippen LogP contribution in [0.2, 0.25) is 0 Å². The molecule has 1 saturated heterocycles. The van der Waals surface area contributed by atoms with Gasteiger partial charge >= 0.3 is 0 Å². The quantitative estimate of drug-likeness (QED) is 0.407. The third-order valence-corrected chi connectivity index (χ3v) is 7.23. The molecule has 186 valence electrons. The SMILES string of the molecule is Cc1cc(C(=O)N2CCC(c3ccc4[nH]c(-c5cc(C)nc(C)c5)c(C(C)C)c4c3)CC2)c(=O)[nH]n1. The highest BCUT2D eigenvalue weighted by Crippen LogP contribution is 2.38. The highest BCUT2D eigenvalue weighted by molar-refractivity contribution is 5.94. The lowest BCUT2D eigenvalue weighted by molar-refractivity contribution is 0.0710. The molecule has 4 aromatic rings. The molecule has 7 nitrogen and oxygen atoms in total. The number of piperidine rings is 1. The molecule has 1 amide bonds. The van der Waals surface area contributed by atoms with E-state index in [-0.39, 0.29) is 11.5 Å². The minimum Gasteiger partial charge on any atom is -0.354 e. The second-order valence-electron chi connectivity index (χ2n) is 10.3. The summed E-state index contributed by atoms with van der Waals surface area (Å²) in [6, 6.07) is 12.6. The first kappa shape index (κ1) is 24.0. The van der Waals surface area contributed by atoms with Gasteiger partial charge < -0.3 is 9.88 Å². The molecule has 0 spiro atoms. The summed E-state index contributed by atoms with van der Waals surface area (Å²) >= 11 is 0. The van der Waals surface area contributed by atoms with Gasteiger partial charge in [0, 0.05) is 40.9 Å². The molecule has 36 heavy (non-hydrogen) atoms. The first-order valence-electron chi connectivity index (χ1n) is 12.7. The van der Waals surface area contributed by atoms with Gasteiger partial charge in [0.2, 0.25) is 0 Å². The summed E-state index contributed by atoms with van der Waals surface area (Å²) in [5, 5.41) is 7.56. The Bertz CT molecular complexity index is 1490. The molecule has 7 heteroatoms. The van der Waals surface area contributed by atoms with Gasteiger partial charge in [-0.2, -0.15) is 5.10 Å². The first-order valence-corrected chi connectivity index (χ1v) is 12.7. The van der Waals surface area contributed by atoms with Crippen molar-refractivity contribution in [3.63, 3.8) is 0 Å². The van der Waals surface area contributed by atoms with Crippen LogP contribution in [0.4, 0.5) is 0 Å². The third-order valence-electron chi connectivity index (χ3n) is 7.23. The first-order chi connectivity index (χ1) is 17.2. The molecule has 1 aliphatic heterocycles. The van der Waals surface area contributed by atoms with Crippen molar-refractivity contribution in [2.75, 3.05) is 13.1 Å².